The highest BCUT2D eigenvalue weighted by molar-refractivity contribution is 8.00. The average molecular weight is 368 g/mol. The number of tetrazole rings is 1. The lowest BCUT2D eigenvalue weighted by Crippen LogP contribution is -2.22. The molecule has 1 heterocycles. The zero-order valence-corrected chi connectivity index (χ0v) is 14.2. The molecule has 1 aromatic carbocycles. The third-order valence-corrected chi connectivity index (χ3v) is 5.93. The average Bonchev–Trinajstić information content (AvgIpc) is 3.03. The van der Waals surface area contributed by atoms with Crippen LogP contribution in [-0.4, -0.2) is 44.8 Å². The van der Waals surface area contributed by atoms with Gasteiger partial charge in [0.15, 0.2) is 0 Å². The predicted octanol–water partition coefficient (Wildman–Crippen LogP) is 1.17. The second-order valence-electron chi connectivity index (χ2n) is 5.36. The summed E-state index contributed by atoms with van der Waals surface area (Å²) in [6.45, 7) is 0. The molecule has 2 aromatic rings. The minimum absolute atomic E-state index is 0.0236. The summed E-state index contributed by atoms with van der Waals surface area (Å²) < 4.78 is 24.2. The van der Waals surface area contributed by atoms with Gasteiger partial charge < -0.3 is 5.21 Å². The largest absolute Gasteiger partial charge is 0.411 e. The number of benzene rings is 1. The maximum atomic E-state index is 11.3. The molecule has 1 atom stereocenters. The quantitative estimate of drug-likeness (QED) is 0.610. The van der Waals surface area contributed by atoms with E-state index in [2.05, 4.69) is 20.7 Å². The lowest BCUT2D eigenvalue weighted by atomic mass is 9.98. The fourth-order valence-corrected chi connectivity index (χ4v) is 4.20. The highest BCUT2D eigenvalue weighted by Crippen LogP contribution is 2.31. The van der Waals surface area contributed by atoms with Crippen molar-refractivity contribution in [3.05, 3.63) is 24.3 Å². The van der Waals surface area contributed by atoms with Crippen LogP contribution >= 0.6 is 11.8 Å². The van der Waals surface area contributed by atoms with Crippen LogP contribution < -0.4 is 5.14 Å². The van der Waals surface area contributed by atoms with E-state index in [1.54, 1.807) is 12.1 Å². The molecule has 1 aliphatic carbocycles. The number of hydrogen-bond donors (Lipinski definition) is 2. The summed E-state index contributed by atoms with van der Waals surface area (Å²) in [7, 11) is -3.74. The minimum atomic E-state index is -3.74. The van der Waals surface area contributed by atoms with E-state index in [1.165, 1.54) is 28.6 Å². The number of aromatic nitrogens is 4. The molecule has 1 fully saturated rings. The minimum Gasteiger partial charge on any atom is -0.411 e. The zero-order chi connectivity index (χ0) is 17.2. The maximum absolute atomic E-state index is 11.3. The highest BCUT2D eigenvalue weighted by atomic mass is 32.2. The van der Waals surface area contributed by atoms with E-state index in [0.717, 1.165) is 31.4 Å². The van der Waals surface area contributed by atoms with E-state index in [0.29, 0.717) is 10.8 Å². The molecular weight excluding hydrogens is 352 g/mol. The summed E-state index contributed by atoms with van der Waals surface area (Å²) in [6, 6.07) is 5.98. The van der Waals surface area contributed by atoms with Crippen molar-refractivity contribution in [2.45, 2.75) is 41.0 Å². The van der Waals surface area contributed by atoms with Crippen LogP contribution in [-0.2, 0) is 10.0 Å². The van der Waals surface area contributed by atoms with Crippen molar-refractivity contribution in [1.82, 2.24) is 20.2 Å². The van der Waals surface area contributed by atoms with Crippen LogP contribution in [0.15, 0.2) is 39.5 Å². The fraction of sp³-hybridized carbons (Fsp3) is 0.385. The maximum Gasteiger partial charge on any atom is 0.238 e. The van der Waals surface area contributed by atoms with Gasteiger partial charge in [-0.05, 0) is 54.0 Å². The summed E-state index contributed by atoms with van der Waals surface area (Å²) >= 11 is 1.43. The lowest BCUT2D eigenvalue weighted by Gasteiger charge is -2.21. The van der Waals surface area contributed by atoms with Gasteiger partial charge in [0.1, 0.15) is 0 Å². The van der Waals surface area contributed by atoms with Gasteiger partial charge in [-0.3, -0.25) is 0 Å². The number of nitrogens with two attached hydrogens (primary N) is 1. The molecule has 24 heavy (non-hydrogen) atoms. The molecular formula is C13H16N6O3S2. The molecule has 3 rings (SSSR count). The van der Waals surface area contributed by atoms with Crippen molar-refractivity contribution in [2.75, 3.05) is 0 Å². The third kappa shape index (κ3) is 3.57. The smallest absolute Gasteiger partial charge is 0.238 e. The number of nitrogens with zero attached hydrogens (tertiary/aromatic N) is 5. The Morgan fingerprint density at radius 1 is 1.29 bits per heavy atom. The standard InChI is InChI=1S/C13H16N6O3S2/c14-24(21,22)10-7-5-9(6-8-10)19-13(15-17-18-19)23-12-4-2-1-3-11(12)16-20/h5-8,12,20H,1-4H2,(H2,14,21,22)/b16-11-. The van der Waals surface area contributed by atoms with Crippen molar-refractivity contribution in [2.24, 2.45) is 10.3 Å². The van der Waals surface area contributed by atoms with Gasteiger partial charge in [0, 0.05) is 0 Å². The van der Waals surface area contributed by atoms with E-state index >= 15 is 0 Å². The molecule has 0 radical (unpaired) electrons. The molecule has 9 nitrogen and oxygen atoms in total. The monoisotopic (exact) mass is 368 g/mol. The van der Waals surface area contributed by atoms with E-state index in [-0.39, 0.29) is 10.1 Å². The number of primary sulfonamides is 1. The van der Waals surface area contributed by atoms with Crippen molar-refractivity contribution >= 4 is 27.5 Å². The van der Waals surface area contributed by atoms with E-state index in [4.69, 9.17) is 10.3 Å². The van der Waals surface area contributed by atoms with Gasteiger partial charge >= 0.3 is 0 Å². The molecule has 1 unspecified atom stereocenters. The molecule has 1 saturated carbocycles. The predicted molar refractivity (Wildman–Crippen MR) is 87.9 cm³/mol. The van der Waals surface area contributed by atoms with Gasteiger partial charge in [-0.15, -0.1) is 5.10 Å². The molecule has 0 spiro atoms. The van der Waals surface area contributed by atoms with E-state index in [9.17, 15) is 8.42 Å². The van der Waals surface area contributed by atoms with E-state index in [1.807, 2.05) is 0 Å². The summed E-state index contributed by atoms with van der Waals surface area (Å²) in [5, 5.41) is 29.8. The molecule has 0 bridgehead atoms. The van der Waals surface area contributed by atoms with Crippen LogP contribution in [0.1, 0.15) is 25.7 Å². The third-order valence-electron chi connectivity index (χ3n) is 3.75. The van der Waals surface area contributed by atoms with Crippen LogP contribution in [0.25, 0.3) is 5.69 Å². The molecule has 128 valence electrons. The Kier molecular flexibility index (Phi) is 4.83. The van der Waals surface area contributed by atoms with Crippen molar-refractivity contribution in [3.63, 3.8) is 0 Å². The molecule has 11 heteroatoms. The first-order chi connectivity index (χ1) is 11.5. The Labute approximate surface area is 143 Å². The summed E-state index contributed by atoms with van der Waals surface area (Å²) in [4.78, 5) is 0.0236. The summed E-state index contributed by atoms with van der Waals surface area (Å²) in [5.74, 6) is 0. The van der Waals surface area contributed by atoms with Gasteiger partial charge in [0.25, 0.3) is 0 Å². The molecule has 1 aromatic heterocycles. The molecule has 3 N–H and O–H groups in total. The van der Waals surface area contributed by atoms with Crippen LogP contribution in [0, 0.1) is 0 Å². The van der Waals surface area contributed by atoms with E-state index < -0.39 is 10.0 Å². The van der Waals surface area contributed by atoms with Crippen molar-refractivity contribution in [3.8, 4) is 5.69 Å². The van der Waals surface area contributed by atoms with Gasteiger partial charge in [0.2, 0.25) is 15.2 Å². The Bertz CT molecular complexity index is 847. The van der Waals surface area contributed by atoms with Gasteiger partial charge in [0.05, 0.1) is 21.5 Å². The van der Waals surface area contributed by atoms with Gasteiger partial charge in [-0.1, -0.05) is 23.3 Å². The molecule has 1 aliphatic rings. The number of sulfonamides is 1. The van der Waals surface area contributed by atoms with Crippen molar-refractivity contribution in [1.29, 1.82) is 0 Å². The normalized spacial score (nSPS) is 20.4. The molecule has 0 amide bonds. The van der Waals surface area contributed by atoms with Crippen molar-refractivity contribution < 1.29 is 13.6 Å². The molecule has 0 saturated heterocycles. The van der Waals surface area contributed by atoms with Crippen LogP contribution in [0.4, 0.5) is 0 Å². The Balaban J connectivity index is 1.85. The SMILES string of the molecule is NS(=O)(=O)c1ccc(-n2nnnc2SC2CCCC/C2=N/O)cc1. The van der Waals surface area contributed by atoms with Gasteiger partial charge in [-0.25, -0.2) is 13.6 Å². The fourth-order valence-electron chi connectivity index (χ4n) is 2.52. The summed E-state index contributed by atoms with van der Waals surface area (Å²) in [6.07, 6.45) is 3.72. The first-order valence-electron chi connectivity index (χ1n) is 7.28. The highest BCUT2D eigenvalue weighted by Gasteiger charge is 2.25. The Hall–Kier alpha value is -1.98. The summed E-state index contributed by atoms with van der Waals surface area (Å²) in [5.41, 5.74) is 1.36. The first kappa shape index (κ1) is 16.9. The number of thioether (sulfide) groups is 1. The van der Waals surface area contributed by atoms with Crippen LogP contribution in [0.5, 0.6) is 0 Å². The number of rotatable bonds is 4. The van der Waals surface area contributed by atoms with Crippen LogP contribution in [0.3, 0.4) is 0 Å². The molecule has 0 aliphatic heterocycles. The second-order valence-corrected chi connectivity index (χ2v) is 8.09. The van der Waals surface area contributed by atoms with Gasteiger partial charge in [-0.2, -0.15) is 4.68 Å². The number of hydrogen-bond acceptors (Lipinski definition) is 8. The Morgan fingerprint density at radius 2 is 2.04 bits per heavy atom. The first-order valence-corrected chi connectivity index (χ1v) is 9.71. The zero-order valence-electron chi connectivity index (χ0n) is 12.6. The Morgan fingerprint density at radius 3 is 2.71 bits per heavy atom. The van der Waals surface area contributed by atoms with Crippen LogP contribution in [0.2, 0.25) is 0 Å². The number of oxime groups is 1. The lowest BCUT2D eigenvalue weighted by molar-refractivity contribution is 0.314. The topological polar surface area (TPSA) is 136 Å². The second kappa shape index (κ2) is 6.87.